The van der Waals surface area contributed by atoms with Crippen molar-refractivity contribution in [2.75, 3.05) is 19.5 Å². The predicted octanol–water partition coefficient (Wildman–Crippen LogP) is 4.48. The van der Waals surface area contributed by atoms with E-state index < -0.39 is 12.1 Å². The van der Waals surface area contributed by atoms with Gasteiger partial charge in [0.2, 0.25) is 0 Å². The number of aromatic nitrogens is 1. The zero-order valence-corrected chi connectivity index (χ0v) is 19.2. The summed E-state index contributed by atoms with van der Waals surface area (Å²) in [4.78, 5) is 12.5. The van der Waals surface area contributed by atoms with E-state index in [1.807, 2.05) is 36.4 Å². The first-order chi connectivity index (χ1) is 15.5. The molecule has 2 aromatic carbocycles. The summed E-state index contributed by atoms with van der Waals surface area (Å²) in [5.74, 6) is -0.252. The lowest BCUT2D eigenvalue weighted by Crippen LogP contribution is -2.26. The van der Waals surface area contributed by atoms with Gasteiger partial charge in [-0.25, -0.2) is 4.79 Å². The van der Waals surface area contributed by atoms with E-state index in [2.05, 4.69) is 35.1 Å². The van der Waals surface area contributed by atoms with Gasteiger partial charge in [-0.05, 0) is 60.7 Å². The monoisotopic (exact) mass is 455 g/mol. The Hall–Kier alpha value is -2.74. The summed E-state index contributed by atoms with van der Waals surface area (Å²) in [5, 5.41) is 19.0. The number of carbonyl (C=O) groups is 1. The number of benzene rings is 2. The Morgan fingerprint density at radius 3 is 2.38 bits per heavy atom. The zero-order valence-electron chi connectivity index (χ0n) is 18.4. The molecule has 0 radical (unpaired) electrons. The second-order valence-electron chi connectivity index (χ2n) is 7.23. The molecule has 32 heavy (non-hydrogen) atoms. The molecule has 170 valence electrons. The molecule has 0 aliphatic carbocycles. The molecule has 0 fully saturated rings. The Morgan fingerprint density at radius 1 is 1.06 bits per heavy atom. The Morgan fingerprint density at radius 2 is 1.78 bits per heavy atom. The summed E-state index contributed by atoms with van der Waals surface area (Å²) in [6.45, 7) is 3.13. The van der Waals surface area contributed by atoms with Crippen molar-refractivity contribution in [3.8, 4) is 17.0 Å². The maximum absolute atomic E-state index is 11.3. The highest BCUT2D eigenvalue weighted by molar-refractivity contribution is 7.98. The van der Waals surface area contributed by atoms with E-state index in [1.54, 1.807) is 18.7 Å². The molecule has 6 nitrogen and oxygen atoms in total. The van der Waals surface area contributed by atoms with Crippen molar-refractivity contribution in [2.24, 2.45) is 0 Å². The molecule has 0 saturated carbocycles. The molecule has 1 aromatic heterocycles. The van der Waals surface area contributed by atoms with Crippen molar-refractivity contribution < 1.29 is 24.5 Å². The van der Waals surface area contributed by atoms with Crippen LogP contribution in [-0.4, -0.2) is 46.3 Å². The molecule has 0 aliphatic rings. The largest absolute Gasteiger partial charge is 0.492 e. The summed E-state index contributed by atoms with van der Waals surface area (Å²) in [6.07, 6.45) is 1.51. The topological polar surface area (TPSA) is 80.9 Å². The van der Waals surface area contributed by atoms with Gasteiger partial charge < -0.3 is 24.3 Å². The quantitative estimate of drug-likeness (QED) is 0.392. The maximum atomic E-state index is 11.3. The molecule has 3 rings (SSSR count). The highest BCUT2D eigenvalue weighted by Crippen LogP contribution is 2.26. The number of aliphatic hydroxyl groups is 1. The van der Waals surface area contributed by atoms with Gasteiger partial charge in [-0.2, -0.15) is 0 Å². The van der Waals surface area contributed by atoms with Gasteiger partial charge in [0.05, 0.1) is 13.2 Å². The number of nitrogens with zero attached hydrogens (tertiary/aromatic N) is 1. The molecule has 3 aromatic rings. The number of rotatable bonds is 12. The van der Waals surface area contributed by atoms with Gasteiger partial charge >= 0.3 is 5.97 Å². The Balaban J connectivity index is 1.62. The van der Waals surface area contributed by atoms with E-state index in [-0.39, 0.29) is 6.61 Å². The SMILES string of the molecule is CCO[C@@H](Cc1ccc(OCCn2c(CO)ccc2-c2ccc(SC)cc2)cc1)C(=O)O. The minimum absolute atomic E-state index is 0.0395. The summed E-state index contributed by atoms with van der Waals surface area (Å²) in [5.41, 5.74) is 3.84. The number of aliphatic carboxylic acids is 1. The third kappa shape index (κ3) is 6.16. The lowest BCUT2D eigenvalue weighted by molar-refractivity contribution is -0.149. The van der Waals surface area contributed by atoms with Gasteiger partial charge in [-0.3, -0.25) is 0 Å². The van der Waals surface area contributed by atoms with Crippen molar-refractivity contribution in [1.29, 1.82) is 0 Å². The van der Waals surface area contributed by atoms with Crippen LogP contribution in [0.4, 0.5) is 0 Å². The number of carboxylic acid groups (broad SMARTS) is 1. The first kappa shape index (κ1) is 23.9. The van der Waals surface area contributed by atoms with Crippen LogP contribution < -0.4 is 4.74 Å². The fourth-order valence-electron chi connectivity index (χ4n) is 3.54. The molecule has 0 aliphatic heterocycles. The van der Waals surface area contributed by atoms with Gasteiger partial charge in [0.1, 0.15) is 12.4 Å². The Kier molecular flexibility index (Phi) is 8.79. The molecule has 0 unspecified atom stereocenters. The van der Waals surface area contributed by atoms with Crippen LogP contribution >= 0.6 is 11.8 Å². The fraction of sp³-hybridized carbons (Fsp3) is 0.320. The molecular formula is C25H29NO5S. The predicted molar refractivity (Wildman–Crippen MR) is 126 cm³/mol. The molecule has 1 atom stereocenters. The minimum Gasteiger partial charge on any atom is -0.492 e. The number of hydrogen-bond acceptors (Lipinski definition) is 5. The van der Waals surface area contributed by atoms with Gasteiger partial charge in [0.15, 0.2) is 6.10 Å². The first-order valence-electron chi connectivity index (χ1n) is 10.6. The maximum Gasteiger partial charge on any atom is 0.333 e. The lowest BCUT2D eigenvalue weighted by atomic mass is 10.1. The van der Waals surface area contributed by atoms with Gasteiger partial charge in [0.25, 0.3) is 0 Å². The number of carboxylic acids is 1. The Bertz CT molecular complexity index is 998. The lowest BCUT2D eigenvalue weighted by Gasteiger charge is -2.15. The minimum atomic E-state index is -0.961. The van der Waals surface area contributed by atoms with Crippen molar-refractivity contribution in [3.05, 3.63) is 71.9 Å². The van der Waals surface area contributed by atoms with Crippen LogP contribution in [0.25, 0.3) is 11.3 Å². The second-order valence-corrected chi connectivity index (χ2v) is 8.11. The average molecular weight is 456 g/mol. The molecule has 0 bridgehead atoms. The number of hydrogen-bond donors (Lipinski definition) is 2. The van der Waals surface area contributed by atoms with Gasteiger partial charge in [-0.15, -0.1) is 11.8 Å². The van der Waals surface area contributed by atoms with Crippen molar-refractivity contribution in [3.63, 3.8) is 0 Å². The molecular weight excluding hydrogens is 426 g/mol. The van der Waals surface area contributed by atoms with Crippen LogP contribution in [0.15, 0.2) is 65.6 Å². The van der Waals surface area contributed by atoms with Gasteiger partial charge in [-0.1, -0.05) is 24.3 Å². The molecule has 0 saturated heterocycles. The third-order valence-corrected chi connectivity index (χ3v) is 5.93. The van der Waals surface area contributed by atoms with Crippen molar-refractivity contribution in [2.45, 2.75) is 37.5 Å². The van der Waals surface area contributed by atoms with Crippen molar-refractivity contribution in [1.82, 2.24) is 4.57 Å². The van der Waals surface area contributed by atoms with Crippen molar-refractivity contribution >= 4 is 17.7 Å². The molecule has 0 amide bonds. The molecule has 0 spiro atoms. The number of aliphatic hydroxyl groups excluding tert-OH is 1. The summed E-state index contributed by atoms with van der Waals surface area (Å²) in [7, 11) is 0. The van der Waals surface area contributed by atoms with Crippen LogP contribution in [0.2, 0.25) is 0 Å². The van der Waals surface area contributed by atoms with E-state index in [0.717, 1.165) is 22.5 Å². The van der Waals surface area contributed by atoms with E-state index in [1.165, 1.54) is 4.90 Å². The third-order valence-electron chi connectivity index (χ3n) is 5.19. The highest BCUT2D eigenvalue weighted by atomic mass is 32.2. The molecule has 2 N–H and O–H groups in total. The van der Waals surface area contributed by atoms with Gasteiger partial charge in [0, 0.05) is 29.3 Å². The summed E-state index contributed by atoms with van der Waals surface area (Å²) >= 11 is 1.70. The average Bonchev–Trinajstić information content (AvgIpc) is 3.22. The second kappa shape index (κ2) is 11.8. The van der Waals surface area contributed by atoms with E-state index >= 15 is 0 Å². The molecule has 7 heteroatoms. The van der Waals surface area contributed by atoms with Crippen LogP contribution in [0, 0.1) is 0 Å². The highest BCUT2D eigenvalue weighted by Gasteiger charge is 2.18. The smallest absolute Gasteiger partial charge is 0.333 e. The van der Waals surface area contributed by atoms with Crippen LogP contribution in [0.1, 0.15) is 18.2 Å². The van der Waals surface area contributed by atoms with Crippen LogP contribution in [-0.2, 0) is 29.1 Å². The first-order valence-corrected chi connectivity index (χ1v) is 11.8. The normalized spacial score (nSPS) is 12.0. The fourth-order valence-corrected chi connectivity index (χ4v) is 3.94. The summed E-state index contributed by atoms with van der Waals surface area (Å²) < 4.78 is 13.3. The summed E-state index contributed by atoms with van der Waals surface area (Å²) in [6, 6.07) is 19.7. The number of ether oxygens (including phenoxy) is 2. The van der Waals surface area contributed by atoms with E-state index in [9.17, 15) is 15.0 Å². The Labute approximate surface area is 192 Å². The van der Waals surface area contributed by atoms with Crippen LogP contribution in [0.5, 0.6) is 5.75 Å². The zero-order chi connectivity index (χ0) is 22.9. The number of thioether (sulfide) groups is 1. The van der Waals surface area contributed by atoms with Crippen LogP contribution in [0.3, 0.4) is 0 Å². The molecule has 1 heterocycles. The standard InChI is InChI=1S/C25H29NO5S/c1-3-30-24(25(28)29)16-18-4-9-21(10-5-18)31-15-14-26-20(17-27)8-13-23(26)19-6-11-22(32-2)12-7-19/h4-13,24,27H,3,14-17H2,1-2H3,(H,28,29)/t24-/m0/s1. The van der Waals surface area contributed by atoms with E-state index in [0.29, 0.717) is 31.9 Å². The van der Waals surface area contributed by atoms with E-state index in [4.69, 9.17) is 9.47 Å².